The van der Waals surface area contributed by atoms with E-state index < -0.39 is 0 Å². The first-order chi connectivity index (χ1) is 10.2. The van der Waals surface area contributed by atoms with E-state index in [4.69, 9.17) is 8.94 Å². The quantitative estimate of drug-likeness (QED) is 0.863. The van der Waals surface area contributed by atoms with Gasteiger partial charge in [-0.15, -0.1) is 0 Å². The minimum Gasteiger partial charge on any atom is -0.469 e. The van der Waals surface area contributed by atoms with E-state index in [0.717, 1.165) is 31.0 Å². The van der Waals surface area contributed by atoms with Crippen molar-refractivity contribution in [1.29, 1.82) is 0 Å². The molecule has 1 atom stereocenters. The molecule has 2 aromatic rings. The highest BCUT2D eigenvalue weighted by atomic mass is 16.5. The molecule has 112 valence electrons. The highest BCUT2D eigenvalue weighted by Gasteiger charge is 2.27. The van der Waals surface area contributed by atoms with E-state index in [0.29, 0.717) is 25.3 Å². The van der Waals surface area contributed by atoms with E-state index in [2.05, 4.69) is 10.1 Å². The third-order valence-corrected chi connectivity index (χ3v) is 3.85. The molecule has 3 heterocycles. The molecule has 6 nitrogen and oxygen atoms in total. The SMILES string of the molecule is Cc1nc([C@@H]2CCCN(C(=O)CCc3ccco3)C2)no1. The fraction of sp³-hybridized carbons (Fsp3) is 0.533. The molecule has 0 aliphatic carbocycles. The monoisotopic (exact) mass is 289 g/mol. The third-order valence-electron chi connectivity index (χ3n) is 3.85. The Morgan fingerprint density at radius 3 is 3.14 bits per heavy atom. The summed E-state index contributed by atoms with van der Waals surface area (Å²) in [6.45, 7) is 3.27. The second-order valence-corrected chi connectivity index (χ2v) is 5.43. The zero-order valence-corrected chi connectivity index (χ0v) is 12.1. The van der Waals surface area contributed by atoms with Crippen LogP contribution in [-0.4, -0.2) is 34.0 Å². The molecule has 0 radical (unpaired) electrons. The van der Waals surface area contributed by atoms with Crippen molar-refractivity contribution in [3.63, 3.8) is 0 Å². The first kappa shape index (κ1) is 13.9. The van der Waals surface area contributed by atoms with Crippen molar-refractivity contribution >= 4 is 5.91 Å². The smallest absolute Gasteiger partial charge is 0.223 e. The minimum atomic E-state index is 0.163. The van der Waals surface area contributed by atoms with Crippen molar-refractivity contribution < 1.29 is 13.7 Å². The average Bonchev–Trinajstić information content (AvgIpc) is 3.16. The summed E-state index contributed by atoms with van der Waals surface area (Å²) >= 11 is 0. The summed E-state index contributed by atoms with van der Waals surface area (Å²) in [6, 6.07) is 3.74. The van der Waals surface area contributed by atoms with Gasteiger partial charge in [-0.25, -0.2) is 0 Å². The van der Waals surface area contributed by atoms with Crippen molar-refractivity contribution in [3.8, 4) is 0 Å². The van der Waals surface area contributed by atoms with Gasteiger partial charge < -0.3 is 13.8 Å². The second-order valence-electron chi connectivity index (χ2n) is 5.43. The van der Waals surface area contributed by atoms with Crippen molar-refractivity contribution in [2.24, 2.45) is 0 Å². The summed E-state index contributed by atoms with van der Waals surface area (Å²) in [6.07, 6.45) is 4.74. The lowest BCUT2D eigenvalue weighted by Gasteiger charge is -2.31. The Bertz CT molecular complexity index is 591. The number of rotatable bonds is 4. The number of piperidine rings is 1. The molecule has 1 aliphatic rings. The lowest BCUT2D eigenvalue weighted by atomic mass is 9.97. The van der Waals surface area contributed by atoms with Crippen LogP contribution in [0, 0.1) is 6.92 Å². The van der Waals surface area contributed by atoms with Gasteiger partial charge in [-0.05, 0) is 25.0 Å². The standard InChI is InChI=1S/C15H19N3O3/c1-11-16-15(17-21-11)12-4-2-8-18(10-12)14(19)7-6-13-5-3-9-20-13/h3,5,9,12H,2,4,6-8,10H2,1H3/t12-/m1/s1. The summed E-state index contributed by atoms with van der Waals surface area (Å²) in [5, 5.41) is 3.98. The number of nitrogens with zero attached hydrogens (tertiary/aromatic N) is 3. The highest BCUT2D eigenvalue weighted by Crippen LogP contribution is 2.25. The maximum absolute atomic E-state index is 12.3. The van der Waals surface area contributed by atoms with Gasteiger partial charge >= 0.3 is 0 Å². The zero-order valence-electron chi connectivity index (χ0n) is 12.1. The fourth-order valence-electron chi connectivity index (χ4n) is 2.74. The maximum Gasteiger partial charge on any atom is 0.223 e. The summed E-state index contributed by atoms with van der Waals surface area (Å²) in [4.78, 5) is 18.5. The van der Waals surface area contributed by atoms with Crippen LogP contribution in [0.4, 0.5) is 0 Å². The number of furan rings is 1. The molecule has 0 unspecified atom stereocenters. The third kappa shape index (κ3) is 3.32. The Morgan fingerprint density at radius 2 is 2.43 bits per heavy atom. The summed E-state index contributed by atoms with van der Waals surface area (Å²) in [7, 11) is 0. The van der Waals surface area contributed by atoms with Crippen LogP contribution in [0.2, 0.25) is 0 Å². The Labute approximate surface area is 123 Å². The number of hydrogen-bond donors (Lipinski definition) is 0. The zero-order chi connectivity index (χ0) is 14.7. The lowest BCUT2D eigenvalue weighted by molar-refractivity contribution is -0.132. The van der Waals surface area contributed by atoms with Gasteiger partial charge in [-0.1, -0.05) is 5.16 Å². The molecule has 0 bridgehead atoms. The van der Waals surface area contributed by atoms with E-state index in [1.54, 1.807) is 13.2 Å². The van der Waals surface area contributed by atoms with Gasteiger partial charge in [0.2, 0.25) is 11.8 Å². The van der Waals surface area contributed by atoms with E-state index in [1.165, 1.54) is 0 Å². The first-order valence-corrected chi connectivity index (χ1v) is 7.33. The largest absolute Gasteiger partial charge is 0.469 e. The number of aryl methyl sites for hydroxylation is 2. The summed E-state index contributed by atoms with van der Waals surface area (Å²) in [5.74, 6) is 2.49. The van der Waals surface area contributed by atoms with Gasteiger partial charge in [0.1, 0.15) is 5.76 Å². The molecule has 6 heteroatoms. The van der Waals surface area contributed by atoms with E-state index in [-0.39, 0.29) is 11.8 Å². The Hall–Kier alpha value is -2.11. The van der Waals surface area contributed by atoms with Crippen molar-refractivity contribution in [2.75, 3.05) is 13.1 Å². The van der Waals surface area contributed by atoms with Gasteiger partial charge in [0.05, 0.1) is 6.26 Å². The van der Waals surface area contributed by atoms with Crippen LogP contribution in [0.5, 0.6) is 0 Å². The molecule has 1 amide bonds. The molecule has 2 aromatic heterocycles. The molecule has 1 aliphatic heterocycles. The molecular formula is C15H19N3O3. The molecule has 0 saturated carbocycles. The van der Waals surface area contributed by atoms with Gasteiger partial charge in [-0.3, -0.25) is 4.79 Å². The van der Waals surface area contributed by atoms with Crippen LogP contribution in [0.15, 0.2) is 27.3 Å². The normalized spacial score (nSPS) is 18.9. The van der Waals surface area contributed by atoms with Crippen molar-refractivity contribution in [2.45, 2.75) is 38.5 Å². The lowest BCUT2D eigenvalue weighted by Crippen LogP contribution is -2.39. The van der Waals surface area contributed by atoms with Crippen LogP contribution < -0.4 is 0 Å². The topological polar surface area (TPSA) is 72.4 Å². The van der Waals surface area contributed by atoms with Gasteiger partial charge in [-0.2, -0.15) is 4.98 Å². The number of hydrogen-bond acceptors (Lipinski definition) is 5. The molecule has 0 N–H and O–H groups in total. The van der Waals surface area contributed by atoms with Crippen molar-refractivity contribution in [1.82, 2.24) is 15.0 Å². The molecular weight excluding hydrogens is 270 g/mol. The van der Waals surface area contributed by atoms with Crippen LogP contribution in [0.1, 0.15) is 42.7 Å². The first-order valence-electron chi connectivity index (χ1n) is 7.33. The van der Waals surface area contributed by atoms with E-state index in [1.807, 2.05) is 17.0 Å². The number of carbonyl (C=O) groups excluding carboxylic acids is 1. The Kier molecular flexibility index (Phi) is 4.03. The van der Waals surface area contributed by atoms with Crippen LogP contribution >= 0.6 is 0 Å². The van der Waals surface area contributed by atoms with Crippen LogP contribution in [0.3, 0.4) is 0 Å². The minimum absolute atomic E-state index is 0.163. The van der Waals surface area contributed by atoms with Crippen LogP contribution in [-0.2, 0) is 11.2 Å². The van der Waals surface area contributed by atoms with Crippen molar-refractivity contribution in [3.05, 3.63) is 35.9 Å². The molecule has 3 rings (SSSR count). The number of carbonyl (C=O) groups is 1. The molecule has 1 fully saturated rings. The number of likely N-dealkylation sites (tertiary alicyclic amines) is 1. The number of amides is 1. The maximum atomic E-state index is 12.3. The second kappa shape index (κ2) is 6.11. The number of aromatic nitrogens is 2. The Balaban J connectivity index is 1.56. The Morgan fingerprint density at radius 1 is 1.52 bits per heavy atom. The van der Waals surface area contributed by atoms with Gasteiger partial charge in [0, 0.05) is 38.8 Å². The predicted molar refractivity (Wildman–Crippen MR) is 74.6 cm³/mol. The van der Waals surface area contributed by atoms with Gasteiger partial charge in [0.15, 0.2) is 5.82 Å². The molecule has 0 spiro atoms. The van der Waals surface area contributed by atoms with Gasteiger partial charge in [0.25, 0.3) is 0 Å². The average molecular weight is 289 g/mol. The summed E-state index contributed by atoms with van der Waals surface area (Å²) < 4.78 is 10.3. The molecule has 1 saturated heterocycles. The van der Waals surface area contributed by atoms with Crippen LogP contribution in [0.25, 0.3) is 0 Å². The van der Waals surface area contributed by atoms with E-state index in [9.17, 15) is 4.79 Å². The predicted octanol–water partition coefficient (Wildman–Crippen LogP) is 2.31. The summed E-state index contributed by atoms with van der Waals surface area (Å²) in [5.41, 5.74) is 0. The van der Waals surface area contributed by atoms with E-state index >= 15 is 0 Å². The fourth-order valence-corrected chi connectivity index (χ4v) is 2.74. The highest BCUT2D eigenvalue weighted by molar-refractivity contribution is 5.76. The molecule has 21 heavy (non-hydrogen) atoms. The molecule has 0 aromatic carbocycles.